The predicted molar refractivity (Wildman–Crippen MR) is 110 cm³/mol. The van der Waals surface area contributed by atoms with Gasteiger partial charge in [0.05, 0.1) is 0 Å². The molecule has 2 aromatic carbocycles. The average Bonchev–Trinajstić information content (AvgIpc) is 2.69. The van der Waals surface area contributed by atoms with E-state index >= 15 is 0 Å². The molecule has 2 aromatic rings. The third-order valence-corrected chi connectivity index (χ3v) is 5.68. The van der Waals surface area contributed by atoms with Gasteiger partial charge in [0.15, 0.2) is 0 Å². The van der Waals surface area contributed by atoms with E-state index in [2.05, 4.69) is 73.7 Å². The van der Waals surface area contributed by atoms with Crippen molar-refractivity contribution in [2.75, 3.05) is 0 Å². The molecule has 3 rings (SSSR count). The number of allylic oxidation sites excluding steroid dienone is 1. The molecule has 0 aromatic heterocycles. The van der Waals surface area contributed by atoms with Crippen LogP contribution in [0.2, 0.25) is 0 Å². The van der Waals surface area contributed by atoms with Crippen LogP contribution >= 0.6 is 0 Å². The monoisotopic (exact) mass is 332 g/mol. The molecule has 0 aliphatic heterocycles. The first-order chi connectivity index (χ1) is 12.4. The fourth-order valence-electron chi connectivity index (χ4n) is 4.16. The lowest BCUT2D eigenvalue weighted by atomic mass is 9.78. The van der Waals surface area contributed by atoms with Crippen LogP contribution in [0.4, 0.5) is 0 Å². The van der Waals surface area contributed by atoms with Gasteiger partial charge in [0.25, 0.3) is 0 Å². The van der Waals surface area contributed by atoms with Crippen LogP contribution in [0.25, 0.3) is 5.57 Å². The van der Waals surface area contributed by atoms with Crippen LogP contribution in [0, 0.1) is 11.8 Å². The van der Waals surface area contributed by atoms with E-state index in [0.29, 0.717) is 0 Å². The molecule has 1 aliphatic carbocycles. The summed E-state index contributed by atoms with van der Waals surface area (Å²) in [6.45, 7) is 2.30. The van der Waals surface area contributed by atoms with E-state index in [-0.39, 0.29) is 0 Å². The van der Waals surface area contributed by atoms with Crippen LogP contribution in [-0.4, -0.2) is 0 Å². The van der Waals surface area contributed by atoms with Gasteiger partial charge < -0.3 is 0 Å². The lowest BCUT2D eigenvalue weighted by molar-refractivity contribution is 0.289. The van der Waals surface area contributed by atoms with E-state index in [1.807, 2.05) is 0 Å². The Balaban J connectivity index is 1.70. The molecular weight excluding hydrogens is 300 g/mol. The number of hydrogen-bond donors (Lipinski definition) is 0. The molecular formula is C25H32. The Bertz CT molecular complexity index is 589. The van der Waals surface area contributed by atoms with Crippen molar-refractivity contribution in [1.29, 1.82) is 0 Å². The van der Waals surface area contributed by atoms with E-state index in [4.69, 9.17) is 0 Å². The first kappa shape index (κ1) is 18.0. The molecule has 0 N–H and O–H groups in total. The van der Waals surface area contributed by atoms with Gasteiger partial charge in [0.1, 0.15) is 0 Å². The molecule has 0 nitrogen and oxygen atoms in total. The minimum atomic E-state index is 0.734. The number of unbranched alkanes of at least 4 members (excludes halogenated alkanes) is 2. The fourth-order valence-corrected chi connectivity index (χ4v) is 4.16. The minimum absolute atomic E-state index is 0.734. The number of rotatable bonds is 7. The first-order valence-electron chi connectivity index (χ1n) is 10.2. The highest BCUT2D eigenvalue weighted by atomic mass is 14.3. The van der Waals surface area contributed by atoms with Gasteiger partial charge in [-0.1, -0.05) is 99.3 Å². The normalized spacial score (nSPS) is 20.2. The first-order valence-corrected chi connectivity index (χ1v) is 10.2. The van der Waals surface area contributed by atoms with Crippen LogP contribution in [-0.2, 0) is 0 Å². The Morgan fingerprint density at radius 3 is 1.88 bits per heavy atom. The highest BCUT2D eigenvalue weighted by Gasteiger charge is 2.20. The van der Waals surface area contributed by atoms with Crippen molar-refractivity contribution in [3.8, 4) is 0 Å². The third kappa shape index (κ3) is 5.33. The fraction of sp³-hybridized carbons (Fsp3) is 0.440. The summed E-state index contributed by atoms with van der Waals surface area (Å²) in [6, 6.07) is 21.8. The van der Waals surface area contributed by atoms with E-state index < -0.39 is 0 Å². The van der Waals surface area contributed by atoms with Crippen LogP contribution in [0.5, 0.6) is 0 Å². The Kier molecular flexibility index (Phi) is 6.91. The topological polar surface area (TPSA) is 0 Å². The molecule has 1 saturated carbocycles. The predicted octanol–water partition coefficient (Wildman–Crippen LogP) is 7.51. The van der Waals surface area contributed by atoms with E-state index in [1.54, 1.807) is 0 Å². The van der Waals surface area contributed by atoms with Gasteiger partial charge in [0.2, 0.25) is 0 Å². The maximum atomic E-state index is 2.56. The van der Waals surface area contributed by atoms with Crippen LogP contribution < -0.4 is 0 Å². The molecule has 0 bridgehead atoms. The quantitative estimate of drug-likeness (QED) is 0.460. The molecule has 0 heteroatoms. The summed E-state index contributed by atoms with van der Waals surface area (Å²) in [5.41, 5.74) is 4.10. The smallest absolute Gasteiger partial charge is 0.0149 e. The maximum absolute atomic E-state index is 2.56. The summed E-state index contributed by atoms with van der Waals surface area (Å²) >= 11 is 0. The summed E-state index contributed by atoms with van der Waals surface area (Å²) in [5.74, 6) is 1.71. The van der Waals surface area contributed by atoms with Crippen molar-refractivity contribution < 1.29 is 0 Å². The van der Waals surface area contributed by atoms with Gasteiger partial charge in [-0.15, -0.1) is 0 Å². The molecule has 1 fully saturated rings. The second kappa shape index (κ2) is 9.61. The highest BCUT2D eigenvalue weighted by molar-refractivity contribution is 5.79. The Labute approximate surface area is 154 Å². The molecule has 132 valence electrons. The van der Waals surface area contributed by atoms with Gasteiger partial charge in [0, 0.05) is 0 Å². The lowest BCUT2D eigenvalue weighted by Gasteiger charge is -2.27. The lowest BCUT2D eigenvalue weighted by Crippen LogP contribution is -2.13. The van der Waals surface area contributed by atoms with Gasteiger partial charge in [-0.2, -0.15) is 0 Å². The molecule has 0 radical (unpaired) electrons. The summed E-state index contributed by atoms with van der Waals surface area (Å²) in [7, 11) is 0. The van der Waals surface area contributed by atoms with Gasteiger partial charge in [-0.3, -0.25) is 0 Å². The standard InChI is InChI=1S/C25H32/c1-2-3-6-11-21-16-18-22(19-17-21)20-25(23-12-7-4-8-13-23)24-14-9-5-10-15-24/h4-5,7-10,12-15,20-22H,2-3,6,11,16-19H2,1H3. The molecule has 0 heterocycles. The van der Waals surface area contributed by atoms with Gasteiger partial charge in [-0.25, -0.2) is 0 Å². The van der Waals surface area contributed by atoms with Crippen molar-refractivity contribution >= 4 is 5.57 Å². The summed E-state index contributed by atoms with van der Waals surface area (Å²) < 4.78 is 0. The molecule has 0 unspecified atom stereocenters. The zero-order valence-corrected chi connectivity index (χ0v) is 15.7. The average molecular weight is 333 g/mol. The highest BCUT2D eigenvalue weighted by Crippen LogP contribution is 2.35. The molecule has 0 amide bonds. The minimum Gasteiger partial charge on any atom is -0.0729 e. The van der Waals surface area contributed by atoms with E-state index in [1.165, 1.54) is 68.1 Å². The van der Waals surface area contributed by atoms with E-state index in [9.17, 15) is 0 Å². The van der Waals surface area contributed by atoms with Gasteiger partial charge >= 0.3 is 0 Å². The second-order valence-electron chi connectivity index (χ2n) is 7.59. The summed E-state index contributed by atoms with van der Waals surface area (Å²) in [4.78, 5) is 0. The molecule has 1 aliphatic rings. The number of benzene rings is 2. The Hall–Kier alpha value is -1.82. The zero-order chi connectivity index (χ0) is 17.3. The van der Waals surface area contributed by atoms with Crippen molar-refractivity contribution in [3.05, 3.63) is 77.9 Å². The SMILES string of the molecule is CCCCCC1CCC(C=C(c2ccccc2)c2ccccc2)CC1. The van der Waals surface area contributed by atoms with Crippen molar-refractivity contribution in [1.82, 2.24) is 0 Å². The Morgan fingerprint density at radius 1 is 0.800 bits per heavy atom. The Morgan fingerprint density at radius 2 is 1.36 bits per heavy atom. The largest absolute Gasteiger partial charge is 0.0729 e. The van der Waals surface area contributed by atoms with Crippen LogP contribution in [0.1, 0.15) is 69.4 Å². The van der Waals surface area contributed by atoms with Crippen molar-refractivity contribution in [3.63, 3.8) is 0 Å². The summed E-state index contributed by atoms with van der Waals surface area (Å²) in [6.07, 6.45) is 13.8. The zero-order valence-electron chi connectivity index (χ0n) is 15.7. The second-order valence-corrected chi connectivity index (χ2v) is 7.59. The third-order valence-electron chi connectivity index (χ3n) is 5.68. The molecule has 25 heavy (non-hydrogen) atoms. The van der Waals surface area contributed by atoms with Crippen molar-refractivity contribution in [2.45, 2.75) is 58.3 Å². The van der Waals surface area contributed by atoms with Gasteiger partial charge in [-0.05, 0) is 54.2 Å². The molecule has 0 spiro atoms. The van der Waals surface area contributed by atoms with Crippen LogP contribution in [0.3, 0.4) is 0 Å². The summed E-state index contributed by atoms with van der Waals surface area (Å²) in [5, 5.41) is 0. The van der Waals surface area contributed by atoms with Crippen LogP contribution in [0.15, 0.2) is 66.7 Å². The van der Waals surface area contributed by atoms with E-state index in [0.717, 1.165) is 11.8 Å². The molecule has 0 saturated heterocycles. The maximum Gasteiger partial charge on any atom is -0.0149 e. The van der Waals surface area contributed by atoms with Crippen molar-refractivity contribution in [2.24, 2.45) is 11.8 Å². The molecule has 0 atom stereocenters. The number of hydrogen-bond acceptors (Lipinski definition) is 0.